The average molecular weight is 506 g/mol. The van der Waals surface area contributed by atoms with Crippen LogP contribution in [0, 0.1) is 11.8 Å². The van der Waals surface area contributed by atoms with E-state index in [1.807, 2.05) is 71.8 Å². The zero-order chi connectivity index (χ0) is 26.2. The molecule has 1 aliphatic carbocycles. The molecule has 0 bridgehead atoms. The molecule has 1 saturated heterocycles. The van der Waals surface area contributed by atoms with Gasteiger partial charge in [-0.25, -0.2) is 5.06 Å². The minimum atomic E-state index is -0.408. The van der Waals surface area contributed by atoms with Crippen LogP contribution >= 0.6 is 0 Å². The van der Waals surface area contributed by atoms with Gasteiger partial charge in [-0.2, -0.15) is 9.78 Å². The predicted octanol–water partition coefficient (Wildman–Crippen LogP) is 7.64. The molecule has 1 fully saturated rings. The molecule has 2 heterocycles. The second kappa shape index (κ2) is 10.2. The van der Waals surface area contributed by atoms with Crippen LogP contribution in [0.3, 0.4) is 0 Å². The third-order valence-corrected chi connectivity index (χ3v) is 8.26. The maximum Gasteiger partial charge on any atom is 0.255 e. The molecule has 6 rings (SSSR count). The van der Waals surface area contributed by atoms with Crippen molar-refractivity contribution in [2.24, 2.45) is 11.8 Å². The summed E-state index contributed by atoms with van der Waals surface area (Å²) in [6.45, 7) is 7.11. The smallest absolute Gasteiger partial charge is 0.255 e. The second-order valence-electron chi connectivity index (χ2n) is 11.0. The highest BCUT2D eigenvalue weighted by molar-refractivity contribution is 5.88. The molecule has 4 atom stereocenters. The summed E-state index contributed by atoms with van der Waals surface area (Å²) in [7, 11) is 0. The monoisotopic (exact) mass is 505 g/mol. The number of carbonyl (C=O) groups excluding carboxylic acids is 1. The van der Waals surface area contributed by atoms with Crippen LogP contribution in [0.5, 0.6) is 0 Å². The molecule has 0 spiro atoms. The Bertz CT molecular complexity index is 1400. The van der Waals surface area contributed by atoms with E-state index in [1.165, 1.54) is 5.56 Å². The first-order valence-electron chi connectivity index (χ1n) is 13.8. The molecule has 0 N–H and O–H groups in total. The lowest BCUT2D eigenvalue weighted by Crippen LogP contribution is -2.32. The maximum atomic E-state index is 14.6. The molecule has 4 unspecified atom stereocenters. The van der Waals surface area contributed by atoms with Crippen LogP contribution in [0.4, 0.5) is 5.69 Å². The van der Waals surface area contributed by atoms with Crippen LogP contribution < -0.4 is 5.06 Å². The van der Waals surface area contributed by atoms with Gasteiger partial charge in [0.2, 0.25) is 0 Å². The first-order chi connectivity index (χ1) is 18.5. The average Bonchev–Trinajstić information content (AvgIpc) is 3.58. The number of hydrogen-bond donors (Lipinski definition) is 0. The van der Waals surface area contributed by atoms with Crippen LogP contribution in [-0.2, 0) is 4.84 Å². The van der Waals surface area contributed by atoms with Gasteiger partial charge in [-0.1, -0.05) is 99.6 Å². The first-order valence-corrected chi connectivity index (χ1v) is 13.8. The first kappa shape index (κ1) is 24.6. The van der Waals surface area contributed by atoms with Crippen LogP contribution in [0.1, 0.15) is 73.1 Å². The minimum Gasteiger partial charge on any atom is -0.272 e. The van der Waals surface area contributed by atoms with Crippen molar-refractivity contribution in [1.82, 2.24) is 9.78 Å². The summed E-state index contributed by atoms with van der Waals surface area (Å²) in [6.07, 6.45) is 2.21. The summed E-state index contributed by atoms with van der Waals surface area (Å²) in [5.41, 5.74) is 6.33. The molecule has 0 amide bonds. The van der Waals surface area contributed by atoms with Crippen molar-refractivity contribution < 1.29 is 9.63 Å². The molecule has 1 aromatic heterocycles. The number of nitrogens with zero attached hydrogens (tertiary/aromatic N) is 3. The third kappa shape index (κ3) is 4.25. The van der Waals surface area contributed by atoms with Crippen molar-refractivity contribution in [3.8, 4) is 11.3 Å². The topological polar surface area (TPSA) is 47.4 Å². The molecular weight excluding hydrogens is 470 g/mol. The molecular formula is C33H35N3O2. The molecule has 0 radical (unpaired) electrons. The number of rotatable bonds is 5. The zero-order valence-electron chi connectivity index (χ0n) is 22.3. The van der Waals surface area contributed by atoms with Gasteiger partial charge >= 0.3 is 0 Å². The number of para-hydroxylation sites is 1. The van der Waals surface area contributed by atoms with E-state index in [9.17, 15) is 4.79 Å². The molecule has 38 heavy (non-hydrogen) atoms. The number of hydroxylamine groups is 1. The normalized spacial score (nSPS) is 23.0. The van der Waals surface area contributed by atoms with Crippen LogP contribution in [0.2, 0.25) is 0 Å². The van der Waals surface area contributed by atoms with E-state index in [1.54, 1.807) is 4.68 Å². The maximum absolute atomic E-state index is 14.6. The Kier molecular flexibility index (Phi) is 6.62. The van der Waals surface area contributed by atoms with Gasteiger partial charge in [0, 0.05) is 17.0 Å². The number of hydrogen-bond acceptors (Lipinski definition) is 4. The van der Waals surface area contributed by atoms with Crippen LogP contribution in [0.15, 0.2) is 91.0 Å². The van der Waals surface area contributed by atoms with Crippen molar-refractivity contribution in [2.75, 3.05) is 11.7 Å². The second-order valence-corrected chi connectivity index (χ2v) is 11.0. The highest BCUT2D eigenvalue weighted by atomic mass is 16.7. The highest BCUT2D eigenvalue weighted by Crippen LogP contribution is 2.47. The van der Waals surface area contributed by atoms with Crippen LogP contribution in [0.25, 0.3) is 11.3 Å². The number of benzene rings is 3. The van der Waals surface area contributed by atoms with Crippen molar-refractivity contribution in [2.45, 2.75) is 51.5 Å². The third-order valence-electron chi connectivity index (χ3n) is 8.26. The van der Waals surface area contributed by atoms with Crippen molar-refractivity contribution in [3.05, 3.63) is 108 Å². The largest absolute Gasteiger partial charge is 0.272 e. The van der Waals surface area contributed by atoms with E-state index in [0.717, 1.165) is 41.0 Å². The van der Waals surface area contributed by atoms with Crippen molar-refractivity contribution in [3.63, 3.8) is 0 Å². The fraction of sp³-hybridized carbons (Fsp3) is 0.333. The fourth-order valence-corrected chi connectivity index (χ4v) is 6.29. The van der Waals surface area contributed by atoms with Gasteiger partial charge < -0.3 is 0 Å². The predicted molar refractivity (Wildman–Crippen MR) is 151 cm³/mol. The number of carbonyl (C=O) groups is 1. The number of fused-ring (bicyclic) bond motifs is 1. The molecule has 5 nitrogen and oxygen atoms in total. The van der Waals surface area contributed by atoms with Gasteiger partial charge in [0.05, 0.1) is 35.6 Å². The van der Waals surface area contributed by atoms with E-state index in [4.69, 9.17) is 9.94 Å². The summed E-state index contributed by atoms with van der Waals surface area (Å²) in [5.74, 6) is 0.740. The lowest BCUT2D eigenvalue weighted by Gasteiger charge is -2.29. The van der Waals surface area contributed by atoms with Crippen molar-refractivity contribution in [1.29, 1.82) is 0 Å². The summed E-state index contributed by atoms with van der Waals surface area (Å²) < 4.78 is 1.73. The number of anilines is 1. The lowest BCUT2D eigenvalue weighted by molar-refractivity contribution is 0.0790. The van der Waals surface area contributed by atoms with E-state index >= 15 is 0 Å². The standard InChI is InChI=1S/C33H35N3O2/c1-22(2)27-20-19-23(3)29-30(27)34-35(32(29)25-15-9-5-10-16-25)33(37)28-21-38-36(26-17-11-6-12-18-26)31(28)24-13-7-4-8-14-24/h4-18,22-23,27-28,31H,19-21H2,1-3H3. The molecule has 2 aliphatic rings. The summed E-state index contributed by atoms with van der Waals surface area (Å²) in [6, 6.07) is 30.3. The van der Waals surface area contributed by atoms with E-state index in [2.05, 4.69) is 45.0 Å². The van der Waals surface area contributed by atoms with Gasteiger partial charge in [0.1, 0.15) is 0 Å². The molecule has 3 aromatic carbocycles. The van der Waals surface area contributed by atoms with Gasteiger partial charge in [-0.3, -0.25) is 9.63 Å². The highest BCUT2D eigenvalue weighted by Gasteiger charge is 2.44. The fourth-order valence-electron chi connectivity index (χ4n) is 6.29. The molecule has 4 aromatic rings. The summed E-state index contributed by atoms with van der Waals surface area (Å²) in [4.78, 5) is 20.9. The molecule has 1 aliphatic heterocycles. The summed E-state index contributed by atoms with van der Waals surface area (Å²) >= 11 is 0. The molecule has 5 heteroatoms. The summed E-state index contributed by atoms with van der Waals surface area (Å²) in [5, 5.41) is 7.05. The van der Waals surface area contributed by atoms with Gasteiger partial charge in [-0.05, 0) is 42.4 Å². The minimum absolute atomic E-state index is 0.0137. The Morgan fingerprint density at radius 2 is 1.53 bits per heavy atom. The molecule has 194 valence electrons. The van der Waals surface area contributed by atoms with Crippen molar-refractivity contribution >= 4 is 11.6 Å². The van der Waals surface area contributed by atoms with Gasteiger partial charge in [0.15, 0.2) is 0 Å². The van der Waals surface area contributed by atoms with Gasteiger partial charge in [-0.15, -0.1) is 0 Å². The lowest BCUT2D eigenvalue weighted by atomic mass is 9.75. The zero-order valence-corrected chi connectivity index (χ0v) is 22.3. The van der Waals surface area contributed by atoms with Crippen LogP contribution in [-0.4, -0.2) is 22.3 Å². The van der Waals surface area contributed by atoms with E-state index in [-0.39, 0.29) is 11.9 Å². The Balaban J connectivity index is 1.49. The number of aromatic nitrogens is 2. The van der Waals surface area contributed by atoms with E-state index < -0.39 is 5.92 Å². The Morgan fingerprint density at radius 3 is 2.18 bits per heavy atom. The SMILES string of the molecule is CC1CCC(C(C)C)c2nn(C(=O)C3CON(c4ccccc4)C3c3ccccc3)c(-c3ccccc3)c21. The Labute approximate surface area is 225 Å². The van der Waals surface area contributed by atoms with Gasteiger partial charge in [0.25, 0.3) is 5.91 Å². The quantitative estimate of drug-likeness (QED) is 0.280. The van der Waals surface area contributed by atoms with E-state index in [0.29, 0.717) is 24.4 Å². The molecule has 0 saturated carbocycles. The Hall–Kier alpha value is -3.70. The Morgan fingerprint density at radius 1 is 0.895 bits per heavy atom.